The number of hydrogen-bond donors (Lipinski definition) is 3. The summed E-state index contributed by atoms with van der Waals surface area (Å²) in [5, 5.41) is 14.2. The van der Waals surface area contributed by atoms with E-state index in [2.05, 4.69) is 20.8 Å². The van der Waals surface area contributed by atoms with Gasteiger partial charge in [-0.2, -0.15) is 5.10 Å². The lowest BCUT2D eigenvalue weighted by Crippen LogP contribution is -2.32. The molecule has 0 fully saturated rings. The van der Waals surface area contributed by atoms with E-state index in [0.717, 1.165) is 27.7 Å². The van der Waals surface area contributed by atoms with Gasteiger partial charge in [0.15, 0.2) is 0 Å². The Balaban J connectivity index is 1.55. The van der Waals surface area contributed by atoms with Crippen molar-refractivity contribution in [2.75, 3.05) is 5.32 Å². The first-order valence-electron chi connectivity index (χ1n) is 8.97. The molecule has 2 aromatic carbocycles. The van der Waals surface area contributed by atoms with Gasteiger partial charge in [0.2, 0.25) is 11.8 Å². The summed E-state index contributed by atoms with van der Waals surface area (Å²) < 4.78 is 0. The van der Waals surface area contributed by atoms with Crippen molar-refractivity contribution in [2.45, 2.75) is 25.7 Å². The zero-order valence-electron chi connectivity index (χ0n) is 15.3. The zero-order chi connectivity index (χ0) is 19.7. The number of carbonyl (C=O) groups is 2. The second-order valence-electron chi connectivity index (χ2n) is 6.90. The van der Waals surface area contributed by atoms with E-state index in [1.807, 2.05) is 37.3 Å². The molecule has 1 aliphatic heterocycles. The molecule has 3 N–H and O–H groups in total. The number of hydrogen-bond acceptors (Lipinski definition) is 3. The molecule has 1 unspecified atom stereocenters. The number of nitrogens with one attached hydrogen (secondary N) is 3. The number of carbonyl (C=O) groups excluding carboxylic acids is 2. The molecule has 0 bridgehead atoms. The highest BCUT2D eigenvalue weighted by Gasteiger charge is 2.28. The average Bonchev–Trinajstić information content (AvgIpc) is 3.12. The van der Waals surface area contributed by atoms with Gasteiger partial charge in [0.05, 0.1) is 18.1 Å². The van der Waals surface area contributed by atoms with Crippen LogP contribution in [0.2, 0.25) is 5.02 Å². The number of nitrogens with zero attached hydrogens (tertiary/aromatic N) is 1. The van der Waals surface area contributed by atoms with Crippen molar-refractivity contribution >= 4 is 40.0 Å². The third kappa shape index (κ3) is 3.77. The van der Waals surface area contributed by atoms with E-state index < -0.39 is 0 Å². The molecule has 2 amide bonds. The second-order valence-corrected chi connectivity index (χ2v) is 7.34. The van der Waals surface area contributed by atoms with E-state index in [1.54, 1.807) is 18.3 Å². The largest absolute Gasteiger partial charge is 0.330 e. The molecule has 142 valence electrons. The topological polar surface area (TPSA) is 86.9 Å². The summed E-state index contributed by atoms with van der Waals surface area (Å²) in [6.45, 7) is 1.83. The fourth-order valence-electron chi connectivity index (χ4n) is 3.58. The van der Waals surface area contributed by atoms with E-state index >= 15 is 0 Å². The molecule has 2 heterocycles. The van der Waals surface area contributed by atoms with E-state index in [4.69, 9.17) is 11.6 Å². The summed E-state index contributed by atoms with van der Waals surface area (Å²) in [5.74, 6) is -0.326. The Labute approximate surface area is 167 Å². The number of allylic oxidation sites excluding steroid dienone is 1. The van der Waals surface area contributed by atoms with E-state index in [-0.39, 0.29) is 24.2 Å². The molecular formula is C21H19ClN4O2. The Bertz CT molecular complexity index is 1090. The molecule has 1 atom stereocenters. The lowest BCUT2D eigenvalue weighted by Gasteiger charge is -2.28. The average molecular weight is 395 g/mol. The van der Waals surface area contributed by atoms with Crippen LogP contribution in [0.3, 0.4) is 0 Å². The van der Waals surface area contributed by atoms with Crippen molar-refractivity contribution in [1.82, 2.24) is 15.5 Å². The first-order valence-corrected chi connectivity index (χ1v) is 9.35. The fraction of sp³-hybridized carbons (Fsp3) is 0.190. The maximum Gasteiger partial charge on any atom is 0.228 e. The third-order valence-electron chi connectivity index (χ3n) is 4.97. The summed E-state index contributed by atoms with van der Waals surface area (Å²) >= 11 is 5.99. The van der Waals surface area contributed by atoms with Crippen molar-refractivity contribution in [1.29, 1.82) is 0 Å². The van der Waals surface area contributed by atoms with Crippen molar-refractivity contribution in [3.8, 4) is 0 Å². The molecule has 0 saturated heterocycles. The van der Waals surface area contributed by atoms with Gasteiger partial charge in [-0.05, 0) is 48.4 Å². The fourth-order valence-corrected chi connectivity index (χ4v) is 3.70. The van der Waals surface area contributed by atoms with Gasteiger partial charge >= 0.3 is 0 Å². The number of fused-ring (bicyclic) bond motifs is 1. The molecule has 0 spiro atoms. The van der Waals surface area contributed by atoms with E-state index in [0.29, 0.717) is 17.1 Å². The highest BCUT2D eigenvalue weighted by molar-refractivity contribution is 6.30. The molecule has 6 nitrogen and oxygen atoms in total. The van der Waals surface area contributed by atoms with Crippen molar-refractivity contribution in [3.05, 3.63) is 70.5 Å². The van der Waals surface area contributed by atoms with Crippen molar-refractivity contribution in [2.24, 2.45) is 0 Å². The number of H-pyrrole nitrogens is 1. The van der Waals surface area contributed by atoms with Crippen LogP contribution in [-0.4, -0.2) is 22.0 Å². The summed E-state index contributed by atoms with van der Waals surface area (Å²) in [6, 6.07) is 13.0. The Hall–Kier alpha value is -3.12. The number of amides is 2. The van der Waals surface area contributed by atoms with Gasteiger partial charge in [0.25, 0.3) is 0 Å². The first kappa shape index (κ1) is 18.3. The minimum atomic E-state index is -0.145. The molecule has 1 aromatic heterocycles. The molecule has 4 rings (SSSR count). The van der Waals surface area contributed by atoms with Crippen LogP contribution in [-0.2, 0) is 9.59 Å². The number of benzene rings is 2. The zero-order valence-corrected chi connectivity index (χ0v) is 16.0. The van der Waals surface area contributed by atoms with Gasteiger partial charge in [0.1, 0.15) is 0 Å². The van der Waals surface area contributed by atoms with Gasteiger partial charge in [0, 0.05) is 34.1 Å². The second kappa shape index (κ2) is 7.48. The molecule has 7 heteroatoms. The Morgan fingerprint density at radius 2 is 2.04 bits per heavy atom. The normalized spacial score (nSPS) is 16.9. The van der Waals surface area contributed by atoms with Gasteiger partial charge in [-0.1, -0.05) is 23.7 Å². The first-order chi connectivity index (χ1) is 13.5. The van der Waals surface area contributed by atoms with Gasteiger partial charge < -0.3 is 10.6 Å². The summed E-state index contributed by atoms with van der Waals surface area (Å²) in [4.78, 5) is 24.8. The molecule has 3 aromatic rings. The predicted molar refractivity (Wildman–Crippen MR) is 109 cm³/mol. The van der Waals surface area contributed by atoms with E-state index in [9.17, 15) is 9.59 Å². The van der Waals surface area contributed by atoms with Gasteiger partial charge in [-0.25, -0.2) is 0 Å². The number of anilines is 1. The van der Waals surface area contributed by atoms with Crippen LogP contribution < -0.4 is 10.6 Å². The van der Waals surface area contributed by atoms with Crippen LogP contribution in [0.5, 0.6) is 0 Å². The van der Waals surface area contributed by atoms with Crippen LogP contribution in [0, 0.1) is 0 Å². The van der Waals surface area contributed by atoms with Gasteiger partial charge in [-0.3, -0.25) is 14.7 Å². The Kier molecular flexibility index (Phi) is 4.88. The number of aromatic nitrogens is 2. The highest BCUT2D eigenvalue weighted by Crippen LogP contribution is 2.35. The SMILES string of the molecule is CC1=C(CC(=O)Nc2ccc3[nH]ncc3c2)C(c2ccc(Cl)cc2)CC(=O)N1. The van der Waals surface area contributed by atoms with Crippen molar-refractivity contribution < 1.29 is 9.59 Å². The lowest BCUT2D eigenvalue weighted by atomic mass is 9.83. The number of rotatable bonds is 4. The highest BCUT2D eigenvalue weighted by atomic mass is 35.5. The molecule has 0 radical (unpaired) electrons. The van der Waals surface area contributed by atoms with E-state index in [1.165, 1.54) is 0 Å². The summed E-state index contributed by atoms with van der Waals surface area (Å²) in [7, 11) is 0. The van der Waals surface area contributed by atoms with Crippen LogP contribution in [0.15, 0.2) is 59.9 Å². The van der Waals surface area contributed by atoms with Crippen LogP contribution in [0.4, 0.5) is 5.69 Å². The Morgan fingerprint density at radius 3 is 2.82 bits per heavy atom. The summed E-state index contributed by atoms with van der Waals surface area (Å²) in [5.41, 5.74) is 4.23. The van der Waals surface area contributed by atoms with Crippen LogP contribution in [0.25, 0.3) is 10.9 Å². The molecule has 0 aliphatic carbocycles. The van der Waals surface area contributed by atoms with Crippen LogP contribution in [0.1, 0.15) is 31.2 Å². The standard InChI is InChI=1S/C21H19ClN4O2/c1-12-17(18(10-20(27)24-12)13-2-4-15(22)5-3-13)9-21(28)25-16-6-7-19-14(8-16)11-23-26-19/h2-8,11,18H,9-10H2,1H3,(H,23,26)(H,24,27)(H,25,28). The minimum Gasteiger partial charge on any atom is -0.330 e. The molecule has 28 heavy (non-hydrogen) atoms. The minimum absolute atomic E-state index is 0.0491. The Morgan fingerprint density at radius 1 is 1.25 bits per heavy atom. The predicted octanol–water partition coefficient (Wildman–Crippen LogP) is 4.12. The maximum atomic E-state index is 12.7. The maximum absolute atomic E-state index is 12.7. The molecular weight excluding hydrogens is 376 g/mol. The van der Waals surface area contributed by atoms with Gasteiger partial charge in [-0.15, -0.1) is 0 Å². The summed E-state index contributed by atoms with van der Waals surface area (Å²) in [6.07, 6.45) is 2.22. The third-order valence-corrected chi connectivity index (χ3v) is 5.22. The lowest BCUT2D eigenvalue weighted by molar-refractivity contribution is -0.121. The quantitative estimate of drug-likeness (QED) is 0.622. The van der Waals surface area contributed by atoms with Crippen molar-refractivity contribution in [3.63, 3.8) is 0 Å². The number of halogens is 1. The van der Waals surface area contributed by atoms with Crippen LogP contribution >= 0.6 is 11.6 Å². The molecule has 1 aliphatic rings. The number of aromatic amines is 1. The molecule has 0 saturated carbocycles. The smallest absolute Gasteiger partial charge is 0.228 e. The monoisotopic (exact) mass is 394 g/mol.